The minimum atomic E-state index is -0.690. The van der Waals surface area contributed by atoms with Crippen LogP contribution >= 0.6 is 0 Å². The first-order chi connectivity index (χ1) is 9.60. The lowest BCUT2D eigenvalue weighted by atomic mass is 10.1. The molecule has 0 aliphatic carbocycles. The number of amides is 1. The Morgan fingerprint density at radius 3 is 2.10 bits per heavy atom. The van der Waals surface area contributed by atoms with E-state index in [1.165, 1.54) is 0 Å². The highest BCUT2D eigenvalue weighted by Gasteiger charge is 2.23. The van der Waals surface area contributed by atoms with Gasteiger partial charge in [-0.1, -0.05) is 0 Å². The SMILES string of the molecule is C[C@H](NC(=O)c1ccc(N(C)C)cc1)C(=O)OC(C)(C)C. The number of ether oxygens (including phenoxy) is 1. The van der Waals surface area contributed by atoms with E-state index in [2.05, 4.69) is 5.32 Å². The van der Waals surface area contributed by atoms with E-state index in [0.717, 1.165) is 5.69 Å². The molecule has 0 bridgehead atoms. The number of nitrogens with one attached hydrogen (secondary N) is 1. The molecule has 0 heterocycles. The van der Waals surface area contributed by atoms with E-state index in [4.69, 9.17) is 4.74 Å². The average Bonchev–Trinajstić information content (AvgIpc) is 2.36. The van der Waals surface area contributed by atoms with Crippen molar-refractivity contribution in [3.63, 3.8) is 0 Å². The van der Waals surface area contributed by atoms with Gasteiger partial charge in [-0.05, 0) is 52.0 Å². The van der Waals surface area contributed by atoms with Crippen LogP contribution in [0.25, 0.3) is 0 Å². The summed E-state index contributed by atoms with van der Waals surface area (Å²) in [5, 5.41) is 2.64. The van der Waals surface area contributed by atoms with E-state index in [9.17, 15) is 9.59 Å². The Morgan fingerprint density at radius 1 is 1.14 bits per heavy atom. The average molecular weight is 292 g/mol. The zero-order valence-corrected chi connectivity index (χ0v) is 13.6. The van der Waals surface area contributed by atoms with Gasteiger partial charge in [0, 0.05) is 25.3 Å². The van der Waals surface area contributed by atoms with Crippen LogP contribution in [0.15, 0.2) is 24.3 Å². The molecular weight excluding hydrogens is 268 g/mol. The van der Waals surface area contributed by atoms with Gasteiger partial charge in [-0.25, -0.2) is 4.79 Å². The Hall–Kier alpha value is -2.04. The molecular formula is C16H24N2O3. The minimum absolute atomic E-state index is 0.293. The van der Waals surface area contributed by atoms with Crippen molar-refractivity contribution in [2.75, 3.05) is 19.0 Å². The molecule has 0 aliphatic heterocycles. The molecule has 5 heteroatoms. The molecule has 1 N–H and O–H groups in total. The molecule has 0 saturated carbocycles. The van der Waals surface area contributed by atoms with E-state index in [1.807, 2.05) is 31.1 Å². The van der Waals surface area contributed by atoms with Gasteiger partial charge in [-0.15, -0.1) is 0 Å². The lowest BCUT2D eigenvalue weighted by molar-refractivity contribution is -0.156. The summed E-state index contributed by atoms with van der Waals surface area (Å²) in [6.45, 7) is 6.98. The fraction of sp³-hybridized carbons (Fsp3) is 0.500. The predicted molar refractivity (Wildman–Crippen MR) is 83.5 cm³/mol. The van der Waals surface area contributed by atoms with Gasteiger partial charge in [0.05, 0.1) is 0 Å². The number of anilines is 1. The normalized spacial score (nSPS) is 12.5. The number of rotatable bonds is 4. The first-order valence-corrected chi connectivity index (χ1v) is 6.91. The third kappa shape index (κ3) is 5.45. The fourth-order valence-corrected chi connectivity index (χ4v) is 1.64. The van der Waals surface area contributed by atoms with Gasteiger partial charge in [0.15, 0.2) is 0 Å². The molecule has 1 aromatic rings. The van der Waals surface area contributed by atoms with Crippen molar-refractivity contribution >= 4 is 17.6 Å². The number of carbonyl (C=O) groups excluding carboxylic acids is 2. The molecule has 1 rings (SSSR count). The molecule has 5 nitrogen and oxygen atoms in total. The van der Waals surface area contributed by atoms with Crippen molar-refractivity contribution in [1.82, 2.24) is 5.32 Å². The standard InChI is InChI=1S/C16H24N2O3/c1-11(15(20)21-16(2,3)4)17-14(19)12-7-9-13(10-8-12)18(5)6/h7-11H,1-6H3,(H,17,19)/t11-/m0/s1. The molecule has 21 heavy (non-hydrogen) atoms. The van der Waals surface area contributed by atoms with E-state index >= 15 is 0 Å². The topological polar surface area (TPSA) is 58.6 Å². The van der Waals surface area contributed by atoms with Crippen molar-refractivity contribution in [2.45, 2.75) is 39.3 Å². The van der Waals surface area contributed by atoms with Crippen molar-refractivity contribution in [3.8, 4) is 0 Å². The molecule has 0 unspecified atom stereocenters. The van der Waals surface area contributed by atoms with Gasteiger partial charge >= 0.3 is 5.97 Å². The third-order valence-electron chi connectivity index (χ3n) is 2.75. The number of esters is 1. The van der Waals surface area contributed by atoms with Crippen molar-refractivity contribution in [1.29, 1.82) is 0 Å². The molecule has 0 fully saturated rings. The van der Waals surface area contributed by atoms with Gasteiger partial charge in [-0.2, -0.15) is 0 Å². The maximum absolute atomic E-state index is 12.1. The van der Waals surface area contributed by atoms with Gasteiger partial charge in [0.2, 0.25) is 0 Å². The highest BCUT2D eigenvalue weighted by molar-refractivity contribution is 5.97. The third-order valence-corrected chi connectivity index (χ3v) is 2.75. The van der Waals surface area contributed by atoms with Crippen LogP contribution in [0.3, 0.4) is 0 Å². The van der Waals surface area contributed by atoms with E-state index < -0.39 is 17.6 Å². The lowest BCUT2D eigenvalue weighted by Gasteiger charge is -2.22. The summed E-state index contributed by atoms with van der Waals surface area (Å²) < 4.78 is 5.23. The Bertz CT molecular complexity index is 501. The molecule has 116 valence electrons. The zero-order chi connectivity index (χ0) is 16.2. The molecule has 1 atom stereocenters. The summed E-state index contributed by atoms with van der Waals surface area (Å²) in [5.41, 5.74) is 0.950. The Morgan fingerprint density at radius 2 is 1.67 bits per heavy atom. The van der Waals surface area contributed by atoms with E-state index in [-0.39, 0.29) is 5.91 Å². The molecule has 0 aliphatic rings. The molecule has 1 amide bonds. The second-order valence-corrected chi connectivity index (χ2v) is 6.17. The Balaban J connectivity index is 2.66. The maximum atomic E-state index is 12.1. The van der Waals surface area contributed by atoms with Crippen LogP contribution in [-0.4, -0.2) is 37.6 Å². The summed E-state index contributed by atoms with van der Waals surface area (Å²) in [5.74, 6) is -0.737. The molecule has 1 aromatic carbocycles. The largest absolute Gasteiger partial charge is 0.458 e. The summed E-state index contributed by atoms with van der Waals surface area (Å²) in [4.78, 5) is 25.8. The number of hydrogen-bond acceptors (Lipinski definition) is 4. The molecule has 0 spiro atoms. The highest BCUT2D eigenvalue weighted by Crippen LogP contribution is 2.13. The van der Waals surface area contributed by atoms with Gasteiger partial charge in [0.1, 0.15) is 11.6 Å². The van der Waals surface area contributed by atoms with Gasteiger partial charge in [0.25, 0.3) is 5.91 Å². The first-order valence-electron chi connectivity index (χ1n) is 6.91. The number of benzene rings is 1. The Kier molecular flexibility index (Phi) is 5.35. The second kappa shape index (κ2) is 6.61. The summed E-state index contributed by atoms with van der Waals surface area (Å²) >= 11 is 0. The van der Waals surface area contributed by atoms with E-state index in [0.29, 0.717) is 5.56 Å². The number of hydrogen-bond donors (Lipinski definition) is 1. The number of carbonyl (C=O) groups is 2. The quantitative estimate of drug-likeness (QED) is 0.864. The Labute approximate surface area is 126 Å². The van der Waals surface area contributed by atoms with Crippen LogP contribution in [0.2, 0.25) is 0 Å². The van der Waals surface area contributed by atoms with Gasteiger partial charge in [-0.3, -0.25) is 4.79 Å². The van der Waals surface area contributed by atoms with Gasteiger partial charge < -0.3 is 15.0 Å². The van der Waals surface area contributed by atoms with Crippen LogP contribution in [0, 0.1) is 0 Å². The lowest BCUT2D eigenvalue weighted by Crippen LogP contribution is -2.42. The van der Waals surface area contributed by atoms with Crippen LogP contribution in [0.1, 0.15) is 38.1 Å². The summed E-state index contributed by atoms with van der Waals surface area (Å²) in [7, 11) is 3.86. The monoisotopic (exact) mass is 292 g/mol. The summed E-state index contributed by atoms with van der Waals surface area (Å²) in [6.07, 6.45) is 0. The molecule has 0 aromatic heterocycles. The molecule has 0 radical (unpaired) electrons. The second-order valence-electron chi connectivity index (χ2n) is 6.17. The van der Waals surface area contributed by atoms with E-state index in [1.54, 1.807) is 39.8 Å². The van der Waals surface area contributed by atoms with Crippen molar-refractivity contribution < 1.29 is 14.3 Å². The first kappa shape index (κ1) is 17.0. The predicted octanol–water partition coefficient (Wildman–Crippen LogP) is 2.21. The van der Waals surface area contributed by atoms with Crippen LogP contribution in [0.4, 0.5) is 5.69 Å². The number of nitrogens with zero attached hydrogens (tertiary/aromatic N) is 1. The highest BCUT2D eigenvalue weighted by atomic mass is 16.6. The van der Waals surface area contributed by atoms with Crippen LogP contribution < -0.4 is 10.2 Å². The fourth-order valence-electron chi connectivity index (χ4n) is 1.64. The zero-order valence-electron chi connectivity index (χ0n) is 13.6. The van der Waals surface area contributed by atoms with Crippen LogP contribution in [-0.2, 0) is 9.53 Å². The van der Waals surface area contributed by atoms with Crippen molar-refractivity contribution in [3.05, 3.63) is 29.8 Å². The van der Waals surface area contributed by atoms with Crippen LogP contribution in [0.5, 0.6) is 0 Å². The molecule has 0 saturated heterocycles. The minimum Gasteiger partial charge on any atom is -0.458 e. The van der Waals surface area contributed by atoms with Crippen molar-refractivity contribution in [2.24, 2.45) is 0 Å². The summed E-state index contributed by atoms with van der Waals surface area (Å²) in [6, 6.07) is 6.48. The maximum Gasteiger partial charge on any atom is 0.328 e. The smallest absolute Gasteiger partial charge is 0.328 e.